The molecule has 1 aromatic heterocycles. The maximum Gasteiger partial charge on any atom is 0.406 e. The zero-order chi connectivity index (χ0) is 17.0. The fourth-order valence-electron chi connectivity index (χ4n) is 2.21. The van der Waals surface area contributed by atoms with Crippen LogP contribution in [0.2, 0.25) is 0 Å². The van der Waals surface area contributed by atoms with Gasteiger partial charge >= 0.3 is 12.2 Å². The highest BCUT2D eigenvalue weighted by atomic mass is 19.4. The van der Waals surface area contributed by atoms with Crippen molar-refractivity contribution in [3.05, 3.63) is 24.1 Å². The Morgan fingerprint density at radius 3 is 2.74 bits per heavy atom. The fourth-order valence-corrected chi connectivity index (χ4v) is 2.21. The Balaban J connectivity index is 1.92. The maximum atomic E-state index is 12.7. The van der Waals surface area contributed by atoms with E-state index in [0.29, 0.717) is 11.3 Å². The van der Waals surface area contributed by atoms with Crippen molar-refractivity contribution < 1.29 is 27.2 Å². The highest BCUT2D eigenvalue weighted by Gasteiger charge is 2.37. The molecule has 1 saturated heterocycles. The number of likely N-dealkylation sites (tertiary alicyclic amines) is 1. The van der Waals surface area contributed by atoms with Crippen LogP contribution in [0.3, 0.4) is 0 Å². The summed E-state index contributed by atoms with van der Waals surface area (Å²) in [6.45, 7) is -1.34. The van der Waals surface area contributed by atoms with Gasteiger partial charge in [-0.25, -0.2) is 14.2 Å². The van der Waals surface area contributed by atoms with Gasteiger partial charge in [-0.2, -0.15) is 13.2 Å². The lowest BCUT2D eigenvalue weighted by Crippen LogP contribution is -2.54. The average Bonchev–Trinajstić information content (AvgIpc) is 2.44. The van der Waals surface area contributed by atoms with Crippen LogP contribution in [-0.2, 0) is 4.79 Å². The van der Waals surface area contributed by atoms with Crippen LogP contribution in [0.1, 0.15) is 12.8 Å². The number of carbonyl (C=O) groups is 2. The van der Waals surface area contributed by atoms with Crippen LogP contribution in [0, 0.1) is 5.82 Å². The predicted molar refractivity (Wildman–Crippen MR) is 72.0 cm³/mol. The number of halogens is 4. The third-order valence-electron chi connectivity index (χ3n) is 3.18. The molecule has 0 spiro atoms. The molecule has 0 saturated carbocycles. The Morgan fingerprint density at radius 1 is 1.39 bits per heavy atom. The number of aromatic nitrogens is 1. The monoisotopic (exact) mass is 334 g/mol. The number of nitrogens with zero attached hydrogens (tertiary/aromatic N) is 2. The molecule has 10 heteroatoms. The molecule has 3 amide bonds. The van der Waals surface area contributed by atoms with E-state index in [-0.39, 0.29) is 18.8 Å². The zero-order valence-corrected chi connectivity index (χ0v) is 11.9. The highest BCUT2D eigenvalue weighted by molar-refractivity contribution is 5.93. The Kier molecular flexibility index (Phi) is 5.02. The first-order chi connectivity index (χ1) is 10.7. The number of pyridine rings is 1. The van der Waals surface area contributed by atoms with E-state index in [2.05, 4.69) is 15.6 Å². The second kappa shape index (κ2) is 6.80. The van der Waals surface area contributed by atoms with Gasteiger partial charge in [0.05, 0.1) is 6.20 Å². The minimum atomic E-state index is -4.49. The van der Waals surface area contributed by atoms with Crippen LogP contribution in [0.25, 0.3) is 0 Å². The number of carbonyl (C=O) groups excluding carboxylic acids is 2. The second-order valence-electron chi connectivity index (χ2n) is 5.03. The average molecular weight is 334 g/mol. The van der Waals surface area contributed by atoms with E-state index in [4.69, 9.17) is 0 Å². The summed E-state index contributed by atoms with van der Waals surface area (Å²) < 4.78 is 49.9. The largest absolute Gasteiger partial charge is 0.406 e. The lowest BCUT2D eigenvalue weighted by molar-refractivity contribution is -0.164. The van der Waals surface area contributed by atoms with Crippen LogP contribution < -0.4 is 10.6 Å². The quantitative estimate of drug-likeness (QED) is 0.829. The summed E-state index contributed by atoms with van der Waals surface area (Å²) in [5, 5.41) is 4.58. The summed E-state index contributed by atoms with van der Waals surface area (Å²) in [5.41, 5.74) is 0. The van der Waals surface area contributed by atoms with Crippen LogP contribution in [0.4, 0.5) is 28.2 Å². The van der Waals surface area contributed by atoms with Gasteiger partial charge in [0.1, 0.15) is 24.2 Å². The first-order valence-electron chi connectivity index (χ1n) is 6.79. The van der Waals surface area contributed by atoms with E-state index >= 15 is 0 Å². The summed E-state index contributed by atoms with van der Waals surface area (Å²) in [7, 11) is 0. The molecule has 0 aliphatic carbocycles. The van der Waals surface area contributed by atoms with E-state index in [0.717, 1.165) is 12.3 Å². The number of alkyl halides is 3. The summed E-state index contributed by atoms with van der Waals surface area (Å²) in [6.07, 6.45) is -3.00. The number of rotatable bonds is 3. The van der Waals surface area contributed by atoms with Crippen molar-refractivity contribution >= 4 is 17.8 Å². The number of piperidine rings is 1. The van der Waals surface area contributed by atoms with Gasteiger partial charge in [-0.15, -0.1) is 0 Å². The Labute approximate surface area is 128 Å². The van der Waals surface area contributed by atoms with Gasteiger partial charge in [-0.1, -0.05) is 0 Å². The van der Waals surface area contributed by atoms with Crippen molar-refractivity contribution in [2.75, 3.05) is 18.4 Å². The van der Waals surface area contributed by atoms with Crippen LogP contribution in [0.15, 0.2) is 18.3 Å². The summed E-state index contributed by atoms with van der Waals surface area (Å²) >= 11 is 0. The molecule has 1 atom stereocenters. The molecular weight excluding hydrogens is 320 g/mol. The van der Waals surface area contributed by atoms with E-state index < -0.39 is 36.5 Å². The SMILES string of the molecule is O=C(Nc1ccc(F)cn1)N[C@@H]1CCCN(CC(F)(F)F)C1=O. The van der Waals surface area contributed by atoms with Gasteiger partial charge < -0.3 is 10.2 Å². The van der Waals surface area contributed by atoms with Crippen LogP contribution >= 0.6 is 0 Å². The van der Waals surface area contributed by atoms with Gasteiger partial charge in [0.15, 0.2) is 0 Å². The smallest absolute Gasteiger partial charge is 0.332 e. The van der Waals surface area contributed by atoms with Crippen molar-refractivity contribution in [2.24, 2.45) is 0 Å². The van der Waals surface area contributed by atoms with E-state index in [1.54, 1.807) is 0 Å². The number of amides is 3. The van der Waals surface area contributed by atoms with E-state index in [9.17, 15) is 27.2 Å². The van der Waals surface area contributed by atoms with Gasteiger partial charge in [0.25, 0.3) is 0 Å². The molecule has 23 heavy (non-hydrogen) atoms. The van der Waals surface area contributed by atoms with Gasteiger partial charge in [-0.3, -0.25) is 10.1 Å². The Bertz CT molecular complexity index is 576. The molecule has 1 aliphatic rings. The molecule has 0 unspecified atom stereocenters. The zero-order valence-electron chi connectivity index (χ0n) is 11.9. The van der Waals surface area contributed by atoms with Gasteiger partial charge in [0, 0.05) is 6.54 Å². The van der Waals surface area contributed by atoms with Crippen LogP contribution in [0.5, 0.6) is 0 Å². The normalized spacial score (nSPS) is 18.7. The number of hydrogen-bond acceptors (Lipinski definition) is 3. The topological polar surface area (TPSA) is 74.3 Å². The van der Waals surface area contributed by atoms with Crippen molar-refractivity contribution in [2.45, 2.75) is 25.1 Å². The number of hydrogen-bond donors (Lipinski definition) is 2. The maximum absolute atomic E-state index is 12.7. The van der Waals surface area contributed by atoms with Crippen molar-refractivity contribution in [1.82, 2.24) is 15.2 Å². The molecule has 2 N–H and O–H groups in total. The third-order valence-corrected chi connectivity index (χ3v) is 3.18. The van der Waals surface area contributed by atoms with Crippen LogP contribution in [-0.4, -0.2) is 47.1 Å². The number of anilines is 1. The Hall–Kier alpha value is -2.39. The summed E-state index contributed by atoms with van der Waals surface area (Å²) in [4.78, 5) is 28.0. The number of nitrogens with one attached hydrogen (secondary N) is 2. The fraction of sp³-hybridized carbons (Fsp3) is 0.462. The molecule has 1 aromatic rings. The molecule has 126 valence electrons. The third kappa shape index (κ3) is 5.08. The van der Waals surface area contributed by atoms with Crippen molar-refractivity contribution in [3.8, 4) is 0 Å². The molecule has 1 aliphatic heterocycles. The van der Waals surface area contributed by atoms with Crippen molar-refractivity contribution in [3.63, 3.8) is 0 Å². The molecule has 0 bridgehead atoms. The Morgan fingerprint density at radius 2 is 2.13 bits per heavy atom. The summed E-state index contributed by atoms with van der Waals surface area (Å²) in [5.74, 6) is -1.31. The molecule has 2 rings (SSSR count). The molecule has 1 fully saturated rings. The predicted octanol–water partition coefficient (Wildman–Crippen LogP) is 1.90. The minimum absolute atomic E-state index is 0.00232. The highest BCUT2D eigenvalue weighted by Crippen LogP contribution is 2.20. The first kappa shape index (κ1) is 17.0. The molecule has 6 nitrogen and oxygen atoms in total. The van der Waals surface area contributed by atoms with E-state index in [1.807, 2.05) is 0 Å². The lowest BCUT2D eigenvalue weighted by Gasteiger charge is -2.33. The van der Waals surface area contributed by atoms with Gasteiger partial charge in [0.2, 0.25) is 5.91 Å². The molecule has 0 radical (unpaired) electrons. The lowest BCUT2D eigenvalue weighted by atomic mass is 10.0. The van der Waals surface area contributed by atoms with E-state index in [1.165, 1.54) is 6.07 Å². The second-order valence-corrected chi connectivity index (χ2v) is 5.03. The van der Waals surface area contributed by atoms with Crippen molar-refractivity contribution in [1.29, 1.82) is 0 Å². The van der Waals surface area contributed by atoms with Gasteiger partial charge in [-0.05, 0) is 25.0 Å². The first-order valence-corrected chi connectivity index (χ1v) is 6.79. The summed E-state index contributed by atoms with van der Waals surface area (Å²) in [6, 6.07) is 0.468. The molecular formula is C13H14F4N4O2. The molecule has 2 heterocycles. The number of urea groups is 1. The minimum Gasteiger partial charge on any atom is -0.332 e. The standard InChI is InChI=1S/C13H14F4N4O2/c14-8-3-4-10(18-6-8)20-12(23)19-9-2-1-5-21(11(9)22)7-13(15,16)17/h3-4,6,9H,1-2,5,7H2,(H2,18,19,20,23)/t9-/m1/s1. The molecule has 0 aromatic carbocycles.